The van der Waals surface area contributed by atoms with Crippen molar-refractivity contribution in [3.05, 3.63) is 0 Å². The molecule has 1 heterocycles. The van der Waals surface area contributed by atoms with E-state index in [1.807, 2.05) is 27.7 Å². The first-order valence-electron chi connectivity index (χ1n) is 4.70. The van der Waals surface area contributed by atoms with Crippen molar-refractivity contribution in [2.75, 3.05) is 6.54 Å². The molecule has 0 aromatic rings. The standard InChI is InChI=1S/C5H9N.2C2H6/c1-2-6-5-3-4(1)5;2*1-2/h4-6H,1-3H2;2*1-2H3. The van der Waals surface area contributed by atoms with Gasteiger partial charge in [-0.15, -0.1) is 0 Å². The number of piperidine rings is 1. The van der Waals surface area contributed by atoms with Crippen molar-refractivity contribution in [1.29, 1.82) is 0 Å². The highest BCUT2D eigenvalue weighted by atomic mass is 15.0. The van der Waals surface area contributed by atoms with Gasteiger partial charge in [-0.1, -0.05) is 27.7 Å². The molecule has 1 aliphatic carbocycles. The molecule has 1 heteroatoms. The van der Waals surface area contributed by atoms with Crippen LogP contribution in [0.2, 0.25) is 0 Å². The predicted molar refractivity (Wildman–Crippen MR) is 47.2 cm³/mol. The van der Waals surface area contributed by atoms with Crippen molar-refractivity contribution in [1.82, 2.24) is 5.32 Å². The summed E-state index contributed by atoms with van der Waals surface area (Å²) in [5, 5.41) is 3.39. The monoisotopic (exact) mass is 143 g/mol. The van der Waals surface area contributed by atoms with E-state index in [0.717, 1.165) is 12.0 Å². The van der Waals surface area contributed by atoms with Gasteiger partial charge in [0.2, 0.25) is 0 Å². The van der Waals surface area contributed by atoms with Crippen LogP contribution in [0, 0.1) is 5.92 Å². The molecular weight excluding hydrogens is 122 g/mol. The minimum absolute atomic E-state index is 0.963. The van der Waals surface area contributed by atoms with Crippen LogP contribution in [-0.4, -0.2) is 12.6 Å². The fourth-order valence-corrected chi connectivity index (χ4v) is 1.27. The Morgan fingerprint density at radius 3 is 1.80 bits per heavy atom. The third-order valence-electron chi connectivity index (χ3n) is 1.84. The zero-order chi connectivity index (χ0) is 7.98. The van der Waals surface area contributed by atoms with E-state index in [0.29, 0.717) is 0 Å². The third-order valence-corrected chi connectivity index (χ3v) is 1.84. The molecule has 1 nitrogen and oxygen atoms in total. The largest absolute Gasteiger partial charge is 0.314 e. The fraction of sp³-hybridized carbons (Fsp3) is 1.00. The lowest BCUT2D eigenvalue weighted by Crippen LogP contribution is -2.10. The maximum Gasteiger partial charge on any atom is 0.00996 e. The fourth-order valence-electron chi connectivity index (χ4n) is 1.27. The lowest BCUT2D eigenvalue weighted by Gasteiger charge is -1.86. The van der Waals surface area contributed by atoms with E-state index in [1.54, 1.807) is 0 Å². The molecule has 0 aromatic heterocycles. The normalized spacial score (nSPS) is 32.4. The van der Waals surface area contributed by atoms with Crippen LogP contribution in [-0.2, 0) is 0 Å². The maximum atomic E-state index is 3.39. The Morgan fingerprint density at radius 2 is 1.70 bits per heavy atom. The van der Waals surface area contributed by atoms with Gasteiger partial charge in [0.05, 0.1) is 0 Å². The number of nitrogens with one attached hydrogen (secondary N) is 1. The van der Waals surface area contributed by atoms with Crippen LogP contribution in [0.5, 0.6) is 0 Å². The molecule has 0 spiro atoms. The Kier molecular flexibility index (Phi) is 5.70. The molecule has 1 saturated carbocycles. The summed E-state index contributed by atoms with van der Waals surface area (Å²) >= 11 is 0. The van der Waals surface area contributed by atoms with Gasteiger partial charge in [-0.05, 0) is 25.3 Å². The first-order chi connectivity index (χ1) is 4.97. The minimum Gasteiger partial charge on any atom is -0.314 e. The summed E-state index contributed by atoms with van der Waals surface area (Å²) < 4.78 is 0. The second-order valence-corrected chi connectivity index (χ2v) is 2.35. The molecule has 10 heavy (non-hydrogen) atoms. The van der Waals surface area contributed by atoms with Gasteiger partial charge in [0.15, 0.2) is 0 Å². The average Bonchev–Trinajstić information content (AvgIpc) is 2.67. The Bertz CT molecular complexity index is 63.1. The molecule has 62 valence electrons. The molecule has 0 amide bonds. The van der Waals surface area contributed by atoms with E-state index in [1.165, 1.54) is 19.4 Å². The van der Waals surface area contributed by atoms with Crippen LogP contribution in [0.3, 0.4) is 0 Å². The van der Waals surface area contributed by atoms with E-state index in [9.17, 15) is 0 Å². The number of hydrogen-bond acceptors (Lipinski definition) is 1. The summed E-state index contributed by atoms with van der Waals surface area (Å²) in [5.41, 5.74) is 0. The van der Waals surface area contributed by atoms with E-state index >= 15 is 0 Å². The molecule has 2 rings (SSSR count). The highest BCUT2D eigenvalue weighted by Crippen LogP contribution is 2.37. The van der Waals surface area contributed by atoms with Crippen molar-refractivity contribution in [2.45, 2.75) is 46.6 Å². The van der Waals surface area contributed by atoms with Gasteiger partial charge in [0.25, 0.3) is 0 Å². The molecule has 0 bridgehead atoms. The smallest absolute Gasteiger partial charge is 0.00996 e. The molecule has 0 radical (unpaired) electrons. The van der Waals surface area contributed by atoms with Crippen LogP contribution in [0.15, 0.2) is 0 Å². The van der Waals surface area contributed by atoms with Crippen molar-refractivity contribution < 1.29 is 0 Å². The molecule has 1 saturated heterocycles. The summed E-state index contributed by atoms with van der Waals surface area (Å²) in [5.74, 6) is 1.10. The Labute approximate surface area is 65.2 Å². The molecule has 1 aliphatic heterocycles. The molecule has 2 unspecified atom stereocenters. The summed E-state index contributed by atoms with van der Waals surface area (Å²) in [6.07, 6.45) is 2.92. The highest BCUT2D eigenvalue weighted by molar-refractivity contribution is 4.98. The van der Waals surface area contributed by atoms with Crippen molar-refractivity contribution in [2.24, 2.45) is 5.92 Å². The van der Waals surface area contributed by atoms with E-state index in [2.05, 4.69) is 5.32 Å². The molecule has 1 N–H and O–H groups in total. The molecule has 2 atom stereocenters. The van der Waals surface area contributed by atoms with Crippen LogP contribution in [0.4, 0.5) is 0 Å². The zero-order valence-electron chi connectivity index (χ0n) is 7.78. The van der Waals surface area contributed by atoms with Crippen LogP contribution < -0.4 is 5.32 Å². The maximum absolute atomic E-state index is 3.39. The molecule has 0 aromatic carbocycles. The second kappa shape index (κ2) is 5.72. The number of rotatable bonds is 0. The van der Waals surface area contributed by atoms with Gasteiger partial charge >= 0.3 is 0 Å². The van der Waals surface area contributed by atoms with Crippen LogP contribution >= 0.6 is 0 Å². The Balaban J connectivity index is 0.000000180. The van der Waals surface area contributed by atoms with Crippen molar-refractivity contribution in [3.8, 4) is 0 Å². The van der Waals surface area contributed by atoms with Crippen molar-refractivity contribution >= 4 is 0 Å². The average molecular weight is 143 g/mol. The summed E-state index contributed by atoms with van der Waals surface area (Å²) in [6, 6.07) is 0.963. The van der Waals surface area contributed by atoms with E-state index in [4.69, 9.17) is 0 Å². The molecular formula is C9H21N. The summed E-state index contributed by atoms with van der Waals surface area (Å²) in [6.45, 7) is 9.29. The van der Waals surface area contributed by atoms with Crippen LogP contribution in [0.25, 0.3) is 0 Å². The SMILES string of the molecule is C1CC2CC2N1.CC.CC. The first-order valence-corrected chi connectivity index (χ1v) is 4.70. The van der Waals surface area contributed by atoms with Gasteiger partial charge in [-0.2, -0.15) is 0 Å². The van der Waals surface area contributed by atoms with Gasteiger partial charge < -0.3 is 5.32 Å². The Hall–Kier alpha value is -0.0400. The number of fused-ring (bicyclic) bond motifs is 1. The van der Waals surface area contributed by atoms with Gasteiger partial charge in [-0.25, -0.2) is 0 Å². The Morgan fingerprint density at radius 1 is 1.10 bits per heavy atom. The zero-order valence-corrected chi connectivity index (χ0v) is 7.78. The number of hydrogen-bond donors (Lipinski definition) is 1. The predicted octanol–water partition coefficient (Wildman–Crippen LogP) is 2.42. The topological polar surface area (TPSA) is 12.0 Å². The second-order valence-electron chi connectivity index (χ2n) is 2.35. The van der Waals surface area contributed by atoms with Crippen LogP contribution in [0.1, 0.15) is 40.5 Å². The minimum atomic E-state index is 0.963. The van der Waals surface area contributed by atoms with Gasteiger partial charge in [-0.3, -0.25) is 0 Å². The third kappa shape index (κ3) is 2.70. The molecule has 2 aliphatic rings. The van der Waals surface area contributed by atoms with Gasteiger partial charge in [0, 0.05) is 6.04 Å². The summed E-state index contributed by atoms with van der Waals surface area (Å²) in [7, 11) is 0. The lowest BCUT2D eigenvalue weighted by atomic mass is 10.3. The van der Waals surface area contributed by atoms with E-state index in [-0.39, 0.29) is 0 Å². The summed E-state index contributed by atoms with van der Waals surface area (Å²) in [4.78, 5) is 0. The molecule has 2 fully saturated rings. The van der Waals surface area contributed by atoms with Crippen molar-refractivity contribution in [3.63, 3.8) is 0 Å². The van der Waals surface area contributed by atoms with Gasteiger partial charge in [0.1, 0.15) is 0 Å². The quantitative estimate of drug-likeness (QED) is 0.549. The highest BCUT2D eigenvalue weighted by Gasteiger charge is 2.40. The lowest BCUT2D eigenvalue weighted by molar-refractivity contribution is 0.741. The van der Waals surface area contributed by atoms with E-state index < -0.39 is 0 Å². The first kappa shape index (κ1) is 9.96.